The van der Waals surface area contributed by atoms with Gasteiger partial charge in [0.15, 0.2) is 0 Å². The zero-order valence-electron chi connectivity index (χ0n) is 10.8. The van der Waals surface area contributed by atoms with Gasteiger partial charge in [-0.1, -0.05) is 30.5 Å². The van der Waals surface area contributed by atoms with Gasteiger partial charge in [0.1, 0.15) is 0 Å². The molecule has 0 heterocycles. The number of hydrogen-bond donors (Lipinski definition) is 2. The SMILES string of the molecule is Cc1ccc(Cl)cc1S(=O)(=O)NC1(CO)CCCC1. The standard InChI is InChI=1S/C13H18ClNO3S/c1-10-4-5-11(14)8-12(10)19(17,18)15-13(9-16)6-2-3-7-13/h4-5,8,15-16H,2-3,6-7,9H2,1H3. The predicted octanol–water partition coefficient (Wildman–Crippen LogP) is 2.23. The Kier molecular flexibility index (Phi) is 4.20. The van der Waals surface area contributed by atoms with Crippen LogP contribution in [0.1, 0.15) is 31.2 Å². The summed E-state index contributed by atoms with van der Waals surface area (Å²) in [4.78, 5) is 0.180. The van der Waals surface area contributed by atoms with Crippen molar-refractivity contribution >= 4 is 21.6 Å². The molecule has 2 N–H and O–H groups in total. The molecule has 2 rings (SSSR count). The molecule has 0 amide bonds. The third-order valence-electron chi connectivity index (χ3n) is 3.65. The van der Waals surface area contributed by atoms with Crippen LogP contribution in [0.5, 0.6) is 0 Å². The smallest absolute Gasteiger partial charge is 0.241 e. The summed E-state index contributed by atoms with van der Waals surface area (Å²) in [5, 5.41) is 9.88. The summed E-state index contributed by atoms with van der Waals surface area (Å²) in [6, 6.07) is 4.78. The van der Waals surface area contributed by atoms with E-state index in [9.17, 15) is 13.5 Å². The molecule has 19 heavy (non-hydrogen) atoms. The van der Waals surface area contributed by atoms with Crippen molar-refractivity contribution in [2.24, 2.45) is 0 Å². The van der Waals surface area contributed by atoms with Gasteiger partial charge in [-0.25, -0.2) is 13.1 Å². The molecule has 4 nitrogen and oxygen atoms in total. The third-order valence-corrected chi connectivity index (χ3v) is 5.61. The molecule has 0 aromatic heterocycles. The van der Waals surface area contributed by atoms with Gasteiger partial charge in [0.05, 0.1) is 17.0 Å². The summed E-state index contributed by atoms with van der Waals surface area (Å²) in [6.07, 6.45) is 3.19. The lowest BCUT2D eigenvalue weighted by atomic mass is 10.0. The highest BCUT2D eigenvalue weighted by Gasteiger charge is 2.37. The van der Waals surface area contributed by atoms with Gasteiger partial charge in [0.25, 0.3) is 0 Å². The van der Waals surface area contributed by atoms with Crippen LogP contribution >= 0.6 is 11.6 Å². The van der Waals surface area contributed by atoms with Gasteiger partial charge in [0.2, 0.25) is 10.0 Å². The van der Waals surface area contributed by atoms with Crippen LogP contribution in [0.15, 0.2) is 23.1 Å². The van der Waals surface area contributed by atoms with Crippen LogP contribution in [-0.4, -0.2) is 25.7 Å². The maximum Gasteiger partial charge on any atom is 0.241 e. The summed E-state index contributed by atoms with van der Waals surface area (Å²) in [7, 11) is -3.66. The Balaban J connectivity index is 2.34. The van der Waals surface area contributed by atoms with Crippen LogP contribution in [0.4, 0.5) is 0 Å². The Morgan fingerprint density at radius 3 is 2.58 bits per heavy atom. The number of aliphatic hydroxyl groups is 1. The van der Waals surface area contributed by atoms with Gasteiger partial charge in [-0.2, -0.15) is 0 Å². The summed E-state index contributed by atoms with van der Waals surface area (Å²) in [6.45, 7) is 1.55. The van der Waals surface area contributed by atoms with Crippen LogP contribution in [0.2, 0.25) is 5.02 Å². The van der Waals surface area contributed by atoms with Crippen molar-refractivity contribution in [2.45, 2.75) is 43.0 Å². The first-order valence-corrected chi connectivity index (χ1v) is 8.16. The lowest BCUT2D eigenvalue weighted by Crippen LogP contribution is -2.49. The van der Waals surface area contributed by atoms with Gasteiger partial charge in [-0.15, -0.1) is 0 Å². The highest BCUT2D eigenvalue weighted by Crippen LogP contribution is 2.31. The van der Waals surface area contributed by atoms with Crippen LogP contribution in [-0.2, 0) is 10.0 Å². The zero-order chi connectivity index (χ0) is 14.1. The van der Waals surface area contributed by atoms with E-state index in [1.165, 1.54) is 6.07 Å². The second kappa shape index (κ2) is 5.40. The summed E-state index contributed by atoms with van der Waals surface area (Å²) >= 11 is 5.87. The molecule has 0 atom stereocenters. The number of nitrogens with one attached hydrogen (secondary N) is 1. The molecule has 0 unspecified atom stereocenters. The summed E-state index contributed by atoms with van der Waals surface area (Å²) < 4.78 is 27.6. The van der Waals surface area contributed by atoms with Crippen LogP contribution in [0, 0.1) is 6.92 Å². The Labute approximate surface area is 118 Å². The van der Waals surface area contributed by atoms with Crippen molar-refractivity contribution in [3.05, 3.63) is 28.8 Å². The molecule has 0 saturated heterocycles. The molecular formula is C13H18ClNO3S. The minimum absolute atomic E-state index is 0.175. The van der Waals surface area contributed by atoms with E-state index in [-0.39, 0.29) is 11.5 Å². The Bertz CT molecular complexity index is 565. The number of benzene rings is 1. The van der Waals surface area contributed by atoms with Crippen molar-refractivity contribution in [1.82, 2.24) is 4.72 Å². The number of aliphatic hydroxyl groups excluding tert-OH is 1. The van der Waals surface area contributed by atoms with E-state index < -0.39 is 15.6 Å². The molecule has 0 spiro atoms. The van der Waals surface area contributed by atoms with Gasteiger partial charge >= 0.3 is 0 Å². The number of aryl methyl sites for hydroxylation is 1. The second-order valence-electron chi connectivity index (χ2n) is 5.16. The van der Waals surface area contributed by atoms with Gasteiger partial charge in [-0.05, 0) is 37.5 Å². The van der Waals surface area contributed by atoms with Gasteiger partial charge in [-0.3, -0.25) is 0 Å². The topological polar surface area (TPSA) is 66.4 Å². The zero-order valence-corrected chi connectivity index (χ0v) is 12.4. The van der Waals surface area contributed by atoms with Crippen molar-refractivity contribution < 1.29 is 13.5 Å². The number of halogens is 1. The van der Waals surface area contributed by atoms with Crippen LogP contribution in [0.3, 0.4) is 0 Å². The van der Waals surface area contributed by atoms with Crippen molar-refractivity contribution in [1.29, 1.82) is 0 Å². The van der Waals surface area contributed by atoms with E-state index in [4.69, 9.17) is 11.6 Å². The van der Waals surface area contributed by atoms with Crippen molar-refractivity contribution in [2.75, 3.05) is 6.61 Å². The lowest BCUT2D eigenvalue weighted by Gasteiger charge is -2.27. The summed E-state index contributed by atoms with van der Waals surface area (Å²) in [5.41, 5.74) is -0.0730. The number of sulfonamides is 1. The lowest BCUT2D eigenvalue weighted by molar-refractivity contribution is 0.185. The molecular weight excluding hydrogens is 286 g/mol. The molecule has 1 aromatic carbocycles. The van der Waals surface area contributed by atoms with E-state index in [0.717, 1.165) is 12.8 Å². The normalized spacial score (nSPS) is 18.7. The number of rotatable bonds is 4. The fourth-order valence-electron chi connectivity index (χ4n) is 2.55. The highest BCUT2D eigenvalue weighted by atomic mass is 35.5. The van der Waals surface area contributed by atoms with E-state index in [1.807, 2.05) is 0 Å². The molecule has 1 aliphatic carbocycles. The maximum absolute atomic E-state index is 12.4. The minimum Gasteiger partial charge on any atom is -0.394 e. The third kappa shape index (κ3) is 3.11. The molecule has 6 heteroatoms. The molecule has 0 aliphatic heterocycles. The van der Waals surface area contributed by atoms with Gasteiger partial charge < -0.3 is 5.11 Å². The molecule has 0 bridgehead atoms. The van der Waals surface area contributed by atoms with Crippen LogP contribution in [0.25, 0.3) is 0 Å². The predicted molar refractivity (Wildman–Crippen MR) is 74.8 cm³/mol. The minimum atomic E-state index is -3.66. The van der Waals surface area contributed by atoms with Crippen molar-refractivity contribution in [3.8, 4) is 0 Å². The highest BCUT2D eigenvalue weighted by molar-refractivity contribution is 7.89. The molecule has 1 aliphatic rings. The largest absolute Gasteiger partial charge is 0.394 e. The Hall–Kier alpha value is -0.620. The van der Waals surface area contributed by atoms with Crippen LogP contribution < -0.4 is 4.72 Å². The monoisotopic (exact) mass is 303 g/mol. The molecule has 1 saturated carbocycles. The first-order valence-electron chi connectivity index (χ1n) is 6.30. The molecule has 1 aromatic rings. The average molecular weight is 304 g/mol. The van der Waals surface area contributed by atoms with E-state index in [1.54, 1.807) is 19.1 Å². The van der Waals surface area contributed by atoms with E-state index in [2.05, 4.69) is 4.72 Å². The van der Waals surface area contributed by atoms with E-state index in [0.29, 0.717) is 23.4 Å². The first kappa shape index (κ1) is 14.8. The molecule has 0 radical (unpaired) electrons. The Morgan fingerprint density at radius 1 is 1.37 bits per heavy atom. The van der Waals surface area contributed by atoms with Crippen molar-refractivity contribution in [3.63, 3.8) is 0 Å². The maximum atomic E-state index is 12.4. The fourth-order valence-corrected chi connectivity index (χ4v) is 4.51. The quantitative estimate of drug-likeness (QED) is 0.896. The van der Waals surface area contributed by atoms with Gasteiger partial charge in [0, 0.05) is 5.02 Å². The summed E-state index contributed by atoms with van der Waals surface area (Å²) in [5.74, 6) is 0. The van der Waals surface area contributed by atoms with E-state index >= 15 is 0 Å². The fraction of sp³-hybridized carbons (Fsp3) is 0.538. The molecule has 1 fully saturated rings. The first-order chi connectivity index (χ1) is 8.88. The average Bonchev–Trinajstić information content (AvgIpc) is 2.80. The second-order valence-corrected chi connectivity index (χ2v) is 7.25. The molecule has 106 valence electrons. The number of hydrogen-bond acceptors (Lipinski definition) is 3. The Morgan fingerprint density at radius 2 is 2.00 bits per heavy atom.